The first-order valence-corrected chi connectivity index (χ1v) is 8.07. The van der Waals surface area contributed by atoms with E-state index in [2.05, 4.69) is 41.2 Å². The molecule has 0 fully saturated rings. The fourth-order valence-electron chi connectivity index (χ4n) is 2.13. The summed E-state index contributed by atoms with van der Waals surface area (Å²) >= 11 is 1.53. The molecule has 0 aromatic carbocycles. The van der Waals surface area contributed by atoms with Crippen LogP contribution in [0.3, 0.4) is 0 Å². The quantitative estimate of drug-likeness (QED) is 0.810. The summed E-state index contributed by atoms with van der Waals surface area (Å²) in [5.74, 6) is 1.91. The molecular formula is C14H22N4OS. The summed E-state index contributed by atoms with van der Waals surface area (Å²) in [5, 5.41) is 9.48. The highest BCUT2D eigenvalue weighted by Crippen LogP contribution is 2.17. The van der Waals surface area contributed by atoms with Gasteiger partial charge in [-0.1, -0.05) is 25.9 Å². The van der Waals surface area contributed by atoms with Crippen molar-refractivity contribution in [3.8, 4) is 11.5 Å². The molecule has 0 aliphatic heterocycles. The monoisotopic (exact) mass is 294 g/mol. The number of nitrogens with zero attached hydrogens (tertiary/aromatic N) is 3. The van der Waals surface area contributed by atoms with Gasteiger partial charge >= 0.3 is 0 Å². The standard InChI is InChI=1S/C14H22N4OS/c1-4-5-15-11(6-10(2)3)7-13-17-14(18-19-13)12-8-20-9-16-12/h8-11,15H,4-7H2,1-3H3. The van der Waals surface area contributed by atoms with Crippen molar-refractivity contribution in [2.24, 2.45) is 5.92 Å². The van der Waals surface area contributed by atoms with Crippen molar-refractivity contribution in [2.45, 2.75) is 46.1 Å². The first-order valence-electron chi connectivity index (χ1n) is 7.13. The molecule has 0 spiro atoms. The van der Waals surface area contributed by atoms with Crippen LogP contribution in [0.15, 0.2) is 15.4 Å². The normalized spacial score (nSPS) is 13.0. The summed E-state index contributed by atoms with van der Waals surface area (Å²) in [7, 11) is 0. The van der Waals surface area contributed by atoms with Crippen molar-refractivity contribution in [3.05, 3.63) is 16.8 Å². The van der Waals surface area contributed by atoms with Crippen LogP contribution in [-0.2, 0) is 6.42 Å². The van der Waals surface area contributed by atoms with E-state index in [1.807, 2.05) is 5.38 Å². The fraction of sp³-hybridized carbons (Fsp3) is 0.643. The Hall–Kier alpha value is -1.27. The van der Waals surface area contributed by atoms with E-state index in [1.54, 1.807) is 5.51 Å². The summed E-state index contributed by atoms with van der Waals surface area (Å²) in [6, 6.07) is 0.388. The Morgan fingerprint density at radius 1 is 1.40 bits per heavy atom. The van der Waals surface area contributed by atoms with Crippen LogP contribution < -0.4 is 5.32 Å². The highest BCUT2D eigenvalue weighted by molar-refractivity contribution is 7.07. The van der Waals surface area contributed by atoms with Crippen LogP contribution in [0, 0.1) is 5.92 Å². The molecule has 1 atom stereocenters. The van der Waals surface area contributed by atoms with Gasteiger partial charge in [-0.15, -0.1) is 11.3 Å². The van der Waals surface area contributed by atoms with Gasteiger partial charge in [-0.3, -0.25) is 0 Å². The van der Waals surface area contributed by atoms with Crippen LogP contribution in [0.2, 0.25) is 0 Å². The number of thiazole rings is 1. The number of aromatic nitrogens is 3. The zero-order valence-electron chi connectivity index (χ0n) is 12.3. The molecule has 0 aliphatic rings. The summed E-state index contributed by atoms with van der Waals surface area (Å²) in [5.41, 5.74) is 2.56. The van der Waals surface area contributed by atoms with Gasteiger partial charge < -0.3 is 9.84 Å². The van der Waals surface area contributed by atoms with Crippen LogP contribution >= 0.6 is 11.3 Å². The zero-order valence-corrected chi connectivity index (χ0v) is 13.1. The number of hydrogen-bond acceptors (Lipinski definition) is 6. The first kappa shape index (κ1) is 15.1. The van der Waals surface area contributed by atoms with Crippen LogP contribution in [-0.4, -0.2) is 27.7 Å². The summed E-state index contributed by atoms with van der Waals surface area (Å²) in [6.07, 6.45) is 3.01. The molecule has 0 aliphatic carbocycles. The topological polar surface area (TPSA) is 63.8 Å². The molecule has 0 radical (unpaired) electrons. The maximum atomic E-state index is 5.34. The number of hydrogen-bond donors (Lipinski definition) is 1. The lowest BCUT2D eigenvalue weighted by molar-refractivity contribution is 0.338. The second-order valence-corrected chi connectivity index (χ2v) is 6.09. The first-order chi connectivity index (χ1) is 9.69. The SMILES string of the molecule is CCCNC(Cc1nc(-c2cscn2)no1)CC(C)C. The van der Waals surface area contributed by atoms with E-state index in [4.69, 9.17) is 4.52 Å². The van der Waals surface area contributed by atoms with E-state index >= 15 is 0 Å². The van der Waals surface area contributed by atoms with Crippen LogP contribution in [0.4, 0.5) is 0 Å². The summed E-state index contributed by atoms with van der Waals surface area (Å²) < 4.78 is 5.34. The van der Waals surface area contributed by atoms with Crippen molar-refractivity contribution in [1.82, 2.24) is 20.4 Å². The summed E-state index contributed by atoms with van der Waals surface area (Å²) in [6.45, 7) is 7.65. The van der Waals surface area contributed by atoms with Gasteiger partial charge in [0, 0.05) is 17.8 Å². The van der Waals surface area contributed by atoms with Crippen LogP contribution in [0.25, 0.3) is 11.5 Å². The lowest BCUT2D eigenvalue weighted by atomic mass is 10.0. The van der Waals surface area contributed by atoms with E-state index in [-0.39, 0.29) is 0 Å². The van der Waals surface area contributed by atoms with Crippen molar-refractivity contribution in [3.63, 3.8) is 0 Å². The Labute approximate surface area is 123 Å². The van der Waals surface area contributed by atoms with E-state index < -0.39 is 0 Å². The molecule has 1 N–H and O–H groups in total. The van der Waals surface area contributed by atoms with Gasteiger partial charge in [0.1, 0.15) is 5.69 Å². The molecule has 0 amide bonds. The van der Waals surface area contributed by atoms with Crippen molar-refractivity contribution >= 4 is 11.3 Å². The molecule has 110 valence electrons. The van der Waals surface area contributed by atoms with E-state index in [0.717, 1.165) is 31.5 Å². The Bertz CT molecular complexity index is 495. The molecule has 0 bridgehead atoms. The third-order valence-corrected chi connectivity index (χ3v) is 3.58. The molecular weight excluding hydrogens is 272 g/mol. The van der Waals surface area contributed by atoms with Crippen molar-refractivity contribution in [1.29, 1.82) is 0 Å². The second kappa shape index (κ2) is 7.50. The highest BCUT2D eigenvalue weighted by Gasteiger charge is 2.16. The zero-order chi connectivity index (χ0) is 14.4. The van der Waals surface area contributed by atoms with Crippen molar-refractivity contribution in [2.75, 3.05) is 6.54 Å². The van der Waals surface area contributed by atoms with E-state index in [1.165, 1.54) is 11.3 Å². The van der Waals surface area contributed by atoms with Gasteiger partial charge in [0.2, 0.25) is 11.7 Å². The highest BCUT2D eigenvalue weighted by atomic mass is 32.1. The minimum atomic E-state index is 0.388. The van der Waals surface area contributed by atoms with Crippen molar-refractivity contribution < 1.29 is 4.52 Å². The predicted molar refractivity (Wildman–Crippen MR) is 80.6 cm³/mol. The largest absolute Gasteiger partial charge is 0.339 e. The molecule has 2 rings (SSSR count). The lowest BCUT2D eigenvalue weighted by Gasteiger charge is -2.18. The molecule has 5 nitrogen and oxygen atoms in total. The number of nitrogens with one attached hydrogen (secondary N) is 1. The third-order valence-electron chi connectivity index (χ3n) is 2.99. The average Bonchev–Trinajstić information content (AvgIpc) is 3.05. The predicted octanol–water partition coefficient (Wildman–Crippen LogP) is 3.15. The van der Waals surface area contributed by atoms with E-state index in [0.29, 0.717) is 23.7 Å². The van der Waals surface area contributed by atoms with Gasteiger partial charge in [-0.25, -0.2) is 4.98 Å². The maximum absolute atomic E-state index is 5.34. The molecule has 6 heteroatoms. The average molecular weight is 294 g/mol. The minimum Gasteiger partial charge on any atom is -0.339 e. The minimum absolute atomic E-state index is 0.388. The molecule has 2 aromatic heterocycles. The molecule has 2 heterocycles. The Morgan fingerprint density at radius 2 is 2.25 bits per heavy atom. The number of rotatable bonds is 8. The van der Waals surface area contributed by atoms with Gasteiger partial charge in [-0.2, -0.15) is 4.98 Å². The molecule has 0 saturated carbocycles. The van der Waals surface area contributed by atoms with Gasteiger partial charge in [0.25, 0.3) is 0 Å². The molecule has 2 aromatic rings. The Kier molecular flexibility index (Phi) is 5.67. The molecule has 20 heavy (non-hydrogen) atoms. The molecule has 1 unspecified atom stereocenters. The van der Waals surface area contributed by atoms with Crippen LogP contribution in [0.5, 0.6) is 0 Å². The Morgan fingerprint density at radius 3 is 2.90 bits per heavy atom. The van der Waals surface area contributed by atoms with Gasteiger partial charge in [-0.05, 0) is 25.3 Å². The molecule has 0 saturated heterocycles. The Balaban J connectivity index is 1.99. The van der Waals surface area contributed by atoms with E-state index in [9.17, 15) is 0 Å². The van der Waals surface area contributed by atoms with Crippen LogP contribution in [0.1, 0.15) is 39.5 Å². The van der Waals surface area contributed by atoms with Gasteiger partial charge in [0.05, 0.1) is 5.51 Å². The maximum Gasteiger partial charge on any atom is 0.228 e. The summed E-state index contributed by atoms with van der Waals surface area (Å²) in [4.78, 5) is 8.63. The fourth-order valence-corrected chi connectivity index (χ4v) is 2.66. The smallest absolute Gasteiger partial charge is 0.228 e. The lowest BCUT2D eigenvalue weighted by Crippen LogP contribution is -2.33. The second-order valence-electron chi connectivity index (χ2n) is 5.37. The third kappa shape index (κ3) is 4.38. The van der Waals surface area contributed by atoms with Gasteiger partial charge in [0.15, 0.2) is 0 Å².